The van der Waals surface area contributed by atoms with Crippen molar-refractivity contribution in [3.63, 3.8) is 0 Å². The van der Waals surface area contributed by atoms with Crippen molar-refractivity contribution in [3.05, 3.63) is 65.2 Å². The van der Waals surface area contributed by atoms with E-state index in [-0.39, 0.29) is 12.5 Å². The number of rotatable bonds is 6. The first-order valence-electron chi connectivity index (χ1n) is 8.97. The lowest BCUT2D eigenvalue weighted by Gasteiger charge is -2.27. The molecule has 2 rings (SSSR count). The molecule has 0 aliphatic carbocycles. The SMILES string of the molecule is CNC(=O)NC(=O)[C@@H](c1ccccc1)N(C)CC(=O)Nc1c(C)cccc1C. The van der Waals surface area contributed by atoms with Crippen LogP contribution in [-0.4, -0.2) is 43.4 Å². The third-order valence-electron chi connectivity index (χ3n) is 4.41. The minimum absolute atomic E-state index is 0.0193. The van der Waals surface area contributed by atoms with Gasteiger partial charge < -0.3 is 10.6 Å². The van der Waals surface area contributed by atoms with Crippen molar-refractivity contribution in [1.82, 2.24) is 15.5 Å². The molecule has 0 saturated heterocycles. The number of para-hydroxylation sites is 1. The number of carbonyl (C=O) groups is 3. The van der Waals surface area contributed by atoms with E-state index >= 15 is 0 Å². The van der Waals surface area contributed by atoms with Crippen molar-refractivity contribution in [2.75, 3.05) is 26.0 Å². The first kappa shape index (κ1) is 21.1. The van der Waals surface area contributed by atoms with E-state index in [1.807, 2.05) is 38.1 Å². The van der Waals surface area contributed by atoms with Gasteiger partial charge in [-0.05, 0) is 37.6 Å². The highest BCUT2D eigenvalue weighted by Gasteiger charge is 2.27. The lowest BCUT2D eigenvalue weighted by Crippen LogP contribution is -2.46. The number of anilines is 1. The van der Waals surface area contributed by atoms with Gasteiger partial charge in [-0.25, -0.2) is 4.79 Å². The standard InChI is InChI=1S/C21H26N4O3/c1-14-9-8-10-15(2)18(14)23-17(26)13-25(4)19(16-11-6-5-7-12-16)20(27)24-21(28)22-3/h5-12,19H,13H2,1-4H3,(H,23,26)(H2,22,24,27,28)/t19-/m1/s1. The summed E-state index contributed by atoms with van der Waals surface area (Å²) in [6.45, 7) is 3.83. The predicted octanol–water partition coefficient (Wildman–Crippen LogP) is 2.37. The molecule has 4 amide bonds. The summed E-state index contributed by atoms with van der Waals surface area (Å²) in [5.74, 6) is -0.749. The Hall–Kier alpha value is -3.19. The van der Waals surface area contributed by atoms with Crippen molar-refractivity contribution < 1.29 is 14.4 Å². The van der Waals surface area contributed by atoms with Gasteiger partial charge in [-0.1, -0.05) is 48.5 Å². The minimum atomic E-state index is -0.790. The zero-order chi connectivity index (χ0) is 20.7. The minimum Gasteiger partial charge on any atom is -0.341 e. The van der Waals surface area contributed by atoms with Gasteiger partial charge >= 0.3 is 6.03 Å². The molecule has 28 heavy (non-hydrogen) atoms. The maximum absolute atomic E-state index is 12.7. The van der Waals surface area contributed by atoms with E-state index in [2.05, 4.69) is 16.0 Å². The van der Waals surface area contributed by atoms with Crippen LogP contribution in [0.15, 0.2) is 48.5 Å². The Kier molecular flexibility index (Phi) is 7.28. The van der Waals surface area contributed by atoms with Crippen molar-refractivity contribution in [1.29, 1.82) is 0 Å². The van der Waals surface area contributed by atoms with Crippen LogP contribution in [0.25, 0.3) is 0 Å². The molecule has 0 aromatic heterocycles. The first-order valence-corrected chi connectivity index (χ1v) is 8.97. The number of nitrogens with one attached hydrogen (secondary N) is 3. The fraction of sp³-hybridized carbons (Fsp3) is 0.286. The number of hydrogen-bond donors (Lipinski definition) is 3. The maximum Gasteiger partial charge on any atom is 0.321 e. The van der Waals surface area contributed by atoms with Crippen LogP contribution in [0.2, 0.25) is 0 Å². The van der Waals surface area contributed by atoms with Gasteiger partial charge in [0.05, 0.1) is 6.54 Å². The molecule has 0 radical (unpaired) electrons. The molecule has 0 heterocycles. The summed E-state index contributed by atoms with van der Waals surface area (Å²) in [7, 11) is 3.10. The van der Waals surface area contributed by atoms with E-state index in [1.54, 1.807) is 36.2 Å². The number of aryl methyl sites for hydroxylation is 2. The largest absolute Gasteiger partial charge is 0.341 e. The second-order valence-electron chi connectivity index (χ2n) is 6.61. The molecule has 0 aliphatic heterocycles. The molecule has 7 nitrogen and oxygen atoms in total. The molecule has 0 aliphatic rings. The quantitative estimate of drug-likeness (QED) is 0.715. The molecule has 0 bridgehead atoms. The smallest absolute Gasteiger partial charge is 0.321 e. The molecule has 2 aromatic carbocycles. The molecule has 1 atom stereocenters. The number of nitrogens with zero attached hydrogens (tertiary/aromatic N) is 1. The van der Waals surface area contributed by atoms with E-state index in [9.17, 15) is 14.4 Å². The molecule has 3 N–H and O–H groups in total. The molecule has 7 heteroatoms. The highest BCUT2D eigenvalue weighted by molar-refractivity contribution is 5.98. The lowest BCUT2D eigenvalue weighted by molar-refractivity contribution is -0.126. The maximum atomic E-state index is 12.7. The average Bonchev–Trinajstić information content (AvgIpc) is 2.65. The molecular formula is C21H26N4O3. The topological polar surface area (TPSA) is 90.5 Å². The van der Waals surface area contributed by atoms with E-state index < -0.39 is 18.0 Å². The Morgan fingerprint density at radius 2 is 1.57 bits per heavy atom. The van der Waals surface area contributed by atoms with Crippen molar-refractivity contribution in [2.45, 2.75) is 19.9 Å². The highest BCUT2D eigenvalue weighted by Crippen LogP contribution is 2.21. The molecule has 0 unspecified atom stereocenters. The van der Waals surface area contributed by atoms with E-state index in [4.69, 9.17) is 0 Å². The van der Waals surface area contributed by atoms with Crippen LogP contribution < -0.4 is 16.0 Å². The summed E-state index contributed by atoms with van der Waals surface area (Å²) in [6, 6.07) is 13.4. The van der Waals surface area contributed by atoms with Crippen LogP contribution in [0.5, 0.6) is 0 Å². The number of amides is 4. The molecule has 0 fully saturated rings. The number of urea groups is 1. The van der Waals surface area contributed by atoms with Gasteiger partial charge in [-0.2, -0.15) is 0 Å². The Morgan fingerprint density at radius 1 is 0.964 bits per heavy atom. The highest BCUT2D eigenvalue weighted by atomic mass is 16.2. The summed E-state index contributed by atoms with van der Waals surface area (Å²) in [5.41, 5.74) is 3.39. The second-order valence-corrected chi connectivity index (χ2v) is 6.61. The van der Waals surface area contributed by atoms with Gasteiger partial charge in [-0.15, -0.1) is 0 Å². The number of likely N-dealkylation sites (N-methyl/N-ethyl adjacent to an activating group) is 1. The fourth-order valence-electron chi connectivity index (χ4n) is 2.99. The predicted molar refractivity (Wildman–Crippen MR) is 109 cm³/mol. The van der Waals surface area contributed by atoms with Crippen LogP contribution in [-0.2, 0) is 9.59 Å². The molecular weight excluding hydrogens is 356 g/mol. The zero-order valence-electron chi connectivity index (χ0n) is 16.6. The molecule has 0 spiro atoms. The third-order valence-corrected chi connectivity index (χ3v) is 4.41. The summed E-state index contributed by atoms with van der Waals surface area (Å²) in [5, 5.41) is 7.56. The number of carbonyl (C=O) groups excluding carboxylic acids is 3. The van der Waals surface area contributed by atoms with Crippen LogP contribution >= 0.6 is 0 Å². The van der Waals surface area contributed by atoms with Crippen molar-refractivity contribution in [2.24, 2.45) is 0 Å². The van der Waals surface area contributed by atoms with E-state index in [0.717, 1.165) is 16.8 Å². The van der Waals surface area contributed by atoms with Crippen LogP contribution in [0.1, 0.15) is 22.7 Å². The summed E-state index contributed by atoms with van der Waals surface area (Å²) in [4.78, 5) is 38.4. The second kappa shape index (κ2) is 9.66. The lowest BCUT2D eigenvalue weighted by atomic mass is 10.0. The summed E-state index contributed by atoms with van der Waals surface area (Å²) in [6.07, 6.45) is 0. The van der Waals surface area contributed by atoms with Gasteiger partial charge in [0.1, 0.15) is 6.04 Å². The Bertz CT molecular complexity index is 832. The Balaban J connectivity index is 2.17. The van der Waals surface area contributed by atoms with Crippen LogP contribution in [0.3, 0.4) is 0 Å². The molecule has 148 valence electrons. The van der Waals surface area contributed by atoms with Crippen molar-refractivity contribution in [3.8, 4) is 0 Å². The van der Waals surface area contributed by atoms with Gasteiger partial charge in [0, 0.05) is 12.7 Å². The number of imide groups is 1. The molecule has 0 saturated carbocycles. The molecule has 2 aromatic rings. The van der Waals surface area contributed by atoms with Crippen LogP contribution in [0, 0.1) is 13.8 Å². The zero-order valence-corrected chi connectivity index (χ0v) is 16.6. The van der Waals surface area contributed by atoms with Crippen molar-refractivity contribution >= 4 is 23.5 Å². The van der Waals surface area contributed by atoms with Gasteiger partial charge in [0.25, 0.3) is 0 Å². The van der Waals surface area contributed by atoms with E-state index in [1.165, 1.54) is 7.05 Å². The Morgan fingerprint density at radius 3 is 2.14 bits per heavy atom. The first-order chi connectivity index (χ1) is 13.3. The monoisotopic (exact) mass is 382 g/mol. The van der Waals surface area contributed by atoms with E-state index in [0.29, 0.717) is 5.56 Å². The van der Waals surface area contributed by atoms with Gasteiger partial charge in [-0.3, -0.25) is 19.8 Å². The number of hydrogen-bond acceptors (Lipinski definition) is 4. The summed E-state index contributed by atoms with van der Waals surface area (Å²) < 4.78 is 0. The normalized spacial score (nSPS) is 11.6. The third kappa shape index (κ3) is 5.40. The van der Waals surface area contributed by atoms with Gasteiger partial charge in [0.15, 0.2) is 0 Å². The number of benzene rings is 2. The Labute approximate surface area is 165 Å². The average molecular weight is 382 g/mol. The van der Waals surface area contributed by atoms with Gasteiger partial charge in [0.2, 0.25) is 11.8 Å². The summed E-state index contributed by atoms with van der Waals surface area (Å²) >= 11 is 0. The van der Waals surface area contributed by atoms with Crippen LogP contribution in [0.4, 0.5) is 10.5 Å². The fourth-order valence-corrected chi connectivity index (χ4v) is 2.99.